The maximum Gasteiger partial charge on any atom is 0.306 e. The molecule has 0 saturated heterocycles. The quantitative estimate of drug-likeness (QED) is 0.0195. The van der Waals surface area contributed by atoms with Crippen LogP contribution in [0.25, 0.3) is 0 Å². The smallest absolute Gasteiger partial charge is 0.306 e. The molecule has 392 valence electrons. The molecular weight excluding hydrogens is 858 g/mol. The fourth-order valence-corrected chi connectivity index (χ4v) is 8.55. The molecule has 0 aromatic heterocycles. The molecule has 0 aromatic rings. The highest BCUT2D eigenvalue weighted by molar-refractivity contribution is 7.45. The van der Waals surface area contributed by atoms with E-state index in [1.165, 1.54) is 161 Å². The predicted molar refractivity (Wildman–Crippen MR) is 282 cm³/mol. The van der Waals surface area contributed by atoms with Crippen molar-refractivity contribution in [1.82, 2.24) is 0 Å². The molecule has 2 atom stereocenters. The largest absolute Gasteiger partial charge is 0.756 e. The van der Waals surface area contributed by atoms with E-state index in [2.05, 4.69) is 62.5 Å². The molecule has 2 unspecified atom stereocenters. The third-order valence-corrected chi connectivity index (χ3v) is 13.1. The van der Waals surface area contributed by atoms with Gasteiger partial charge in [0.15, 0.2) is 6.10 Å². The summed E-state index contributed by atoms with van der Waals surface area (Å²) in [5, 5.41) is 0. The summed E-state index contributed by atoms with van der Waals surface area (Å²) in [7, 11) is 1.18. The molecule has 9 nitrogen and oxygen atoms in total. The van der Waals surface area contributed by atoms with Crippen molar-refractivity contribution in [3.8, 4) is 0 Å². The van der Waals surface area contributed by atoms with E-state index in [4.69, 9.17) is 18.5 Å². The van der Waals surface area contributed by atoms with E-state index in [1.54, 1.807) is 0 Å². The van der Waals surface area contributed by atoms with Crippen LogP contribution >= 0.6 is 7.82 Å². The van der Waals surface area contributed by atoms with Crippen molar-refractivity contribution in [3.05, 3.63) is 48.6 Å². The first-order chi connectivity index (χ1) is 32.5. The molecule has 0 heterocycles. The molecule has 0 aliphatic heterocycles. The lowest BCUT2D eigenvalue weighted by Gasteiger charge is -2.28. The number of nitrogens with zero attached hydrogens (tertiary/aromatic N) is 1. The van der Waals surface area contributed by atoms with E-state index < -0.39 is 26.5 Å². The summed E-state index contributed by atoms with van der Waals surface area (Å²) in [5.74, 6) is -0.828. The average Bonchev–Trinajstić information content (AvgIpc) is 3.29. The third kappa shape index (κ3) is 53.2. The van der Waals surface area contributed by atoms with Crippen molar-refractivity contribution >= 4 is 19.8 Å². The zero-order valence-electron chi connectivity index (χ0n) is 44.3. The highest BCUT2D eigenvalue weighted by Crippen LogP contribution is 2.38. The SMILES string of the molecule is CC/C=C\C/C=C\C/C=C\C/C=C\CCCCCCCCCCCCCCCCCCCCCCCCC(=O)OC(COC(=O)CCCCCCCCCC)COP(=O)([O-])OCC[N+](C)(C)C. The third-order valence-electron chi connectivity index (χ3n) is 12.1. The molecule has 67 heavy (non-hydrogen) atoms. The van der Waals surface area contributed by atoms with Gasteiger partial charge in [-0.3, -0.25) is 14.2 Å². The molecular formula is C57H106NO8P. The van der Waals surface area contributed by atoms with Gasteiger partial charge in [-0.2, -0.15) is 0 Å². The number of allylic oxidation sites excluding steroid dienone is 8. The maximum absolute atomic E-state index is 12.7. The van der Waals surface area contributed by atoms with Crippen molar-refractivity contribution in [3.63, 3.8) is 0 Å². The van der Waals surface area contributed by atoms with Gasteiger partial charge in [0, 0.05) is 12.8 Å². The minimum Gasteiger partial charge on any atom is -0.756 e. The highest BCUT2D eigenvalue weighted by Gasteiger charge is 2.21. The second-order valence-electron chi connectivity index (χ2n) is 19.9. The number of ether oxygens (including phenoxy) is 2. The zero-order valence-corrected chi connectivity index (χ0v) is 45.2. The van der Waals surface area contributed by atoms with Crippen LogP contribution in [0.1, 0.15) is 251 Å². The van der Waals surface area contributed by atoms with Gasteiger partial charge in [0.1, 0.15) is 19.8 Å². The topological polar surface area (TPSA) is 111 Å². The standard InChI is InChI=1S/C57H106NO8P/c1-6-8-10-12-14-16-17-18-19-20-21-22-23-24-25-26-27-28-29-30-31-32-33-34-35-36-37-38-39-40-41-42-44-46-48-50-57(60)66-55(54-65-67(61,62)64-52-51-58(3,4)5)53-63-56(59)49-47-45-43-15-13-11-9-7-2/h8,10,14,16,18-19,21-22,55H,6-7,9,11-13,15,17,20,23-54H2,1-5H3/b10-8-,16-14-,19-18-,22-21-. The summed E-state index contributed by atoms with van der Waals surface area (Å²) in [6, 6.07) is 0. The Bertz CT molecular complexity index is 1270. The number of phosphoric ester groups is 1. The zero-order chi connectivity index (χ0) is 49.2. The van der Waals surface area contributed by atoms with Gasteiger partial charge < -0.3 is 27.9 Å². The number of hydrogen-bond donors (Lipinski definition) is 0. The van der Waals surface area contributed by atoms with E-state index in [1.807, 2.05) is 21.1 Å². The second kappa shape index (κ2) is 49.0. The summed E-state index contributed by atoms with van der Waals surface area (Å²) in [6.45, 7) is 4.11. The fraction of sp³-hybridized carbons (Fsp3) is 0.825. The number of phosphoric acid groups is 1. The number of carbonyl (C=O) groups excluding carboxylic acids is 2. The van der Waals surface area contributed by atoms with E-state index in [9.17, 15) is 19.0 Å². The number of esters is 2. The normalized spacial score (nSPS) is 13.7. The number of likely N-dealkylation sites (N-methyl/N-ethyl adjacent to an activating group) is 1. The molecule has 0 aliphatic rings. The number of rotatable bonds is 51. The Morgan fingerprint density at radius 3 is 1.27 bits per heavy atom. The number of carbonyl (C=O) groups is 2. The lowest BCUT2D eigenvalue weighted by molar-refractivity contribution is -0.870. The van der Waals surface area contributed by atoms with Crippen LogP contribution in [0.2, 0.25) is 0 Å². The van der Waals surface area contributed by atoms with Crippen LogP contribution < -0.4 is 4.89 Å². The number of unbranched alkanes of at least 4 members (excludes halogenated alkanes) is 29. The van der Waals surface area contributed by atoms with Crippen molar-refractivity contribution in [2.75, 3.05) is 47.5 Å². The van der Waals surface area contributed by atoms with Crippen molar-refractivity contribution in [2.24, 2.45) is 0 Å². The molecule has 0 aromatic carbocycles. The first kappa shape index (κ1) is 65.0. The predicted octanol–water partition coefficient (Wildman–Crippen LogP) is 16.3. The minimum atomic E-state index is -4.62. The van der Waals surface area contributed by atoms with Crippen molar-refractivity contribution < 1.29 is 42.1 Å². The Hall–Kier alpha value is -2.03. The number of quaternary nitrogens is 1. The number of hydrogen-bond acceptors (Lipinski definition) is 8. The van der Waals surface area contributed by atoms with Crippen LogP contribution in [0.3, 0.4) is 0 Å². The molecule has 0 bridgehead atoms. The first-order valence-corrected chi connectivity index (χ1v) is 29.3. The lowest BCUT2D eigenvalue weighted by Crippen LogP contribution is -2.37. The van der Waals surface area contributed by atoms with Crippen LogP contribution in [-0.4, -0.2) is 70.0 Å². The average molecular weight is 964 g/mol. The van der Waals surface area contributed by atoms with Gasteiger partial charge >= 0.3 is 11.9 Å². The Morgan fingerprint density at radius 1 is 0.478 bits per heavy atom. The molecule has 0 fully saturated rings. The summed E-state index contributed by atoms with van der Waals surface area (Å²) in [5.41, 5.74) is 0. The van der Waals surface area contributed by atoms with Crippen LogP contribution in [0.15, 0.2) is 48.6 Å². The van der Waals surface area contributed by atoms with E-state index in [0.717, 1.165) is 57.8 Å². The summed E-state index contributed by atoms with van der Waals surface area (Å²) in [4.78, 5) is 37.5. The summed E-state index contributed by atoms with van der Waals surface area (Å²) in [6.07, 6.45) is 60.6. The lowest BCUT2D eigenvalue weighted by atomic mass is 10.0. The molecule has 0 rings (SSSR count). The molecule has 0 amide bonds. The van der Waals surface area contributed by atoms with Crippen molar-refractivity contribution in [2.45, 2.75) is 258 Å². The van der Waals surface area contributed by atoms with Crippen LogP contribution in [0.5, 0.6) is 0 Å². The Balaban J connectivity index is 3.87. The van der Waals surface area contributed by atoms with Gasteiger partial charge in [0.05, 0.1) is 27.7 Å². The molecule has 0 radical (unpaired) electrons. The van der Waals surface area contributed by atoms with Gasteiger partial charge in [-0.1, -0.05) is 236 Å². The first-order valence-electron chi connectivity index (χ1n) is 27.8. The molecule has 0 N–H and O–H groups in total. The van der Waals surface area contributed by atoms with Gasteiger partial charge in [0.2, 0.25) is 0 Å². The van der Waals surface area contributed by atoms with Gasteiger partial charge in [-0.25, -0.2) is 0 Å². The molecule has 10 heteroatoms. The maximum atomic E-state index is 12.7. The Kier molecular flexibility index (Phi) is 47.5. The fourth-order valence-electron chi connectivity index (χ4n) is 7.83. The van der Waals surface area contributed by atoms with Gasteiger partial charge in [-0.05, 0) is 51.4 Å². The summed E-state index contributed by atoms with van der Waals surface area (Å²) < 4.78 is 33.9. The molecule has 0 saturated carbocycles. The second-order valence-corrected chi connectivity index (χ2v) is 21.3. The molecule has 0 spiro atoms. The molecule has 0 aliphatic carbocycles. The van der Waals surface area contributed by atoms with Crippen LogP contribution in [-0.2, 0) is 32.7 Å². The summed E-state index contributed by atoms with van der Waals surface area (Å²) >= 11 is 0. The van der Waals surface area contributed by atoms with E-state index >= 15 is 0 Å². The highest BCUT2D eigenvalue weighted by atomic mass is 31.2. The minimum absolute atomic E-state index is 0.0286. The monoisotopic (exact) mass is 964 g/mol. The van der Waals surface area contributed by atoms with Crippen LogP contribution in [0, 0.1) is 0 Å². The van der Waals surface area contributed by atoms with Crippen LogP contribution in [0.4, 0.5) is 0 Å². The Labute approximate surface area is 414 Å². The van der Waals surface area contributed by atoms with Gasteiger partial charge in [-0.15, -0.1) is 0 Å². The van der Waals surface area contributed by atoms with E-state index in [-0.39, 0.29) is 32.0 Å². The van der Waals surface area contributed by atoms with Gasteiger partial charge in [0.25, 0.3) is 7.82 Å². The Morgan fingerprint density at radius 2 is 0.851 bits per heavy atom. The van der Waals surface area contributed by atoms with Crippen molar-refractivity contribution in [1.29, 1.82) is 0 Å². The van der Waals surface area contributed by atoms with E-state index in [0.29, 0.717) is 17.4 Å².